The third-order valence-electron chi connectivity index (χ3n) is 2.86. The Morgan fingerprint density at radius 1 is 1.20 bits per heavy atom. The van der Waals surface area contributed by atoms with E-state index in [9.17, 15) is 13.2 Å². The van der Waals surface area contributed by atoms with Gasteiger partial charge in [-0.2, -0.15) is 4.31 Å². The lowest BCUT2D eigenvalue weighted by Crippen LogP contribution is -2.45. The molecule has 1 atom stereocenters. The van der Waals surface area contributed by atoms with Crippen molar-refractivity contribution in [3.8, 4) is 0 Å². The van der Waals surface area contributed by atoms with Gasteiger partial charge in [0.15, 0.2) is 0 Å². The highest BCUT2D eigenvalue weighted by atomic mass is 32.2. The first-order valence-corrected chi connectivity index (χ1v) is 8.65. The number of nitrogens with zero attached hydrogens (tertiary/aromatic N) is 1. The van der Waals surface area contributed by atoms with Gasteiger partial charge in [0.2, 0.25) is 10.0 Å². The Morgan fingerprint density at radius 3 is 2.20 bits per heavy atom. The summed E-state index contributed by atoms with van der Waals surface area (Å²) in [6, 6.07) is -0.665. The second kappa shape index (κ2) is 5.64. The largest absolute Gasteiger partial charge is 0.459 e. The van der Waals surface area contributed by atoms with Gasteiger partial charge >= 0.3 is 5.97 Å². The van der Waals surface area contributed by atoms with Crippen LogP contribution in [0.15, 0.2) is 0 Å². The van der Waals surface area contributed by atoms with Gasteiger partial charge in [0, 0.05) is 6.54 Å². The molecule has 0 aromatic carbocycles. The van der Waals surface area contributed by atoms with Gasteiger partial charge in [-0.15, -0.1) is 0 Å². The normalized spacial score (nSPS) is 22.0. The summed E-state index contributed by atoms with van der Waals surface area (Å²) in [5.41, 5.74) is -0.932. The molecule has 0 radical (unpaired) electrons. The van der Waals surface area contributed by atoms with E-state index in [-0.39, 0.29) is 11.2 Å². The molecule has 118 valence electrons. The highest BCUT2D eigenvalue weighted by Gasteiger charge is 2.41. The van der Waals surface area contributed by atoms with Crippen LogP contribution in [0.2, 0.25) is 0 Å². The summed E-state index contributed by atoms with van der Waals surface area (Å²) in [4.78, 5) is 12.2. The van der Waals surface area contributed by atoms with E-state index in [0.29, 0.717) is 19.4 Å². The number of hydrogen-bond acceptors (Lipinski definition) is 4. The molecule has 0 N–H and O–H groups in total. The quantitative estimate of drug-likeness (QED) is 0.750. The first kappa shape index (κ1) is 17.4. The molecule has 1 saturated heterocycles. The molecule has 1 rings (SSSR count). The van der Waals surface area contributed by atoms with E-state index in [1.807, 2.05) is 20.8 Å². The SMILES string of the molecule is CC(C)(C)CS(=O)(=O)N1CCC[C@@H]1C(=O)OC(C)(C)C. The van der Waals surface area contributed by atoms with Crippen LogP contribution in [0.1, 0.15) is 54.4 Å². The Bertz CT molecular complexity index is 457. The predicted octanol–water partition coefficient (Wildman–Crippen LogP) is 2.17. The molecule has 0 saturated carbocycles. The first-order chi connectivity index (χ1) is 8.82. The fourth-order valence-corrected chi connectivity index (χ4v) is 4.56. The predicted molar refractivity (Wildman–Crippen MR) is 78.8 cm³/mol. The maximum Gasteiger partial charge on any atom is 0.324 e. The number of sulfonamides is 1. The highest BCUT2D eigenvalue weighted by Crippen LogP contribution is 2.27. The summed E-state index contributed by atoms with van der Waals surface area (Å²) in [5.74, 6) is -0.397. The minimum Gasteiger partial charge on any atom is -0.459 e. The van der Waals surface area contributed by atoms with E-state index in [2.05, 4.69) is 0 Å². The Balaban J connectivity index is 2.87. The van der Waals surface area contributed by atoms with Crippen molar-refractivity contribution in [1.29, 1.82) is 0 Å². The van der Waals surface area contributed by atoms with Crippen molar-refractivity contribution in [2.24, 2.45) is 5.41 Å². The molecular weight excluding hydrogens is 278 g/mol. The lowest BCUT2D eigenvalue weighted by Gasteiger charge is -2.29. The second-order valence-corrected chi connectivity index (χ2v) is 9.54. The van der Waals surface area contributed by atoms with E-state index < -0.39 is 27.6 Å². The number of rotatable bonds is 3. The standard InChI is InChI=1S/C14H27NO4S/c1-13(2,3)10-20(17,18)15-9-7-8-11(15)12(16)19-14(4,5)6/h11H,7-10H2,1-6H3/t11-/m1/s1. The number of ether oxygens (including phenoxy) is 1. The number of hydrogen-bond donors (Lipinski definition) is 0. The van der Waals surface area contributed by atoms with Crippen molar-refractivity contribution in [3.63, 3.8) is 0 Å². The van der Waals surface area contributed by atoms with Crippen LogP contribution in [-0.4, -0.2) is 42.6 Å². The lowest BCUT2D eigenvalue weighted by molar-refractivity contribution is -0.158. The summed E-state index contributed by atoms with van der Waals surface area (Å²) in [6.45, 7) is 11.4. The van der Waals surface area contributed by atoms with E-state index in [4.69, 9.17) is 4.74 Å². The van der Waals surface area contributed by atoms with Gasteiger partial charge in [-0.05, 0) is 39.0 Å². The van der Waals surface area contributed by atoms with E-state index in [1.54, 1.807) is 20.8 Å². The summed E-state index contributed by atoms with van der Waals surface area (Å²) in [6.07, 6.45) is 1.24. The summed E-state index contributed by atoms with van der Waals surface area (Å²) in [5, 5.41) is 0. The van der Waals surface area contributed by atoms with Crippen LogP contribution in [-0.2, 0) is 19.6 Å². The zero-order chi connectivity index (χ0) is 15.8. The molecule has 0 bridgehead atoms. The Kier molecular flexibility index (Phi) is 4.91. The molecule has 0 amide bonds. The molecule has 0 unspecified atom stereocenters. The third kappa shape index (κ3) is 5.05. The van der Waals surface area contributed by atoms with Gasteiger partial charge in [-0.3, -0.25) is 4.79 Å². The maximum absolute atomic E-state index is 12.4. The van der Waals surface area contributed by atoms with E-state index in [1.165, 1.54) is 4.31 Å². The molecule has 0 spiro atoms. The molecule has 1 aliphatic heterocycles. The summed E-state index contributed by atoms with van der Waals surface area (Å²) < 4.78 is 31.6. The van der Waals surface area contributed by atoms with Crippen molar-refractivity contribution in [3.05, 3.63) is 0 Å². The molecule has 1 fully saturated rings. The van der Waals surface area contributed by atoms with Crippen molar-refractivity contribution in [2.45, 2.75) is 66.0 Å². The molecule has 0 aromatic rings. The topological polar surface area (TPSA) is 63.7 Å². The smallest absolute Gasteiger partial charge is 0.324 e. The van der Waals surface area contributed by atoms with Crippen molar-refractivity contribution >= 4 is 16.0 Å². The van der Waals surface area contributed by atoms with Crippen molar-refractivity contribution in [1.82, 2.24) is 4.31 Å². The van der Waals surface area contributed by atoms with Gasteiger partial charge < -0.3 is 4.74 Å². The van der Waals surface area contributed by atoms with Crippen LogP contribution >= 0.6 is 0 Å². The number of carbonyl (C=O) groups excluding carboxylic acids is 1. The zero-order valence-electron chi connectivity index (χ0n) is 13.4. The Morgan fingerprint density at radius 2 is 1.75 bits per heavy atom. The van der Waals surface area contributed by atoms with Crippen LogP contribution in [0.3, 0.4) is 0 Å². The Hall–Kier alpha value is -0.620. The zero-order valence-corrected chi connectivity index (χ0v) is 14.2. The molecule has 1 aliphatic rings. The van der Waals surface area contributed by atoms with Gasteiger partial charge in [-0.25, -0.2) is 8.42 Å². The second-order valence-electron chi connectivity index (χ2n) is 7.62. The monoisotopic (exact) mass is 305 g/mol. The highest BCUT2D eigenvalue weighted by molar-refractivity contribution is 7.89. The molecule has 1 heterocycles. The van der Waals surface area contributed by atoms with Gasteiger partial charge in [0.05, 0.1) is 5.75 Å². The molecule has 5 nitrogen and oxygen atoms in total. The first-order valence-electron chi connectivity index (χ1n) is 7.04. The van der Waals surface area contributed by atoms with Crippen LogP contribution in [0, 0.1) is 5.41 Å². The van der Waals surface area contributed by atoms with Crippen LogP contribution in [0.25, 0.3) is 0 Å². The van der Waals surface area contributed by atoms with Crippen LogP contribution in [0.4, 0.5) is 0 Å². The molecule has 6 heteroatoms. The molecule has 0 aliphatic carbocycles. The fourth-order valence-electron chi connectivity index (χ4n) is 2.31. The third-order valence-corrected chi connectivity index (χ3v) is 5.24. The van der Waals surface area contributed by atoms with Crippen LogP contribution in [0.5, 0.6) is 0 Å². The fraction of sp³-hybridized carbons (Fsp3) is 0.929. The number of esters is 1. The minimum atomic E-state index is -3.43. The average Bonchev–Trinajstić information content (AvgIpc) is 2.58. The van der Waals surface area contributed by atoms with Crippen molar-refractivity contribution < 1.29 is 17.9 Å². The molecule has 0 aromatic heterocycles. The van der Waals surface area contributed by atoms with E-state index >= 15 is 0 Å². The van der Waals surface area contributed by atoms with Gasteiger partial charge in [0.25, 0.3) is 0 Å². The molecular formula is C14H27NO4S. The van der Waals surface area contributed by atoms with Gasteiger partial charge in [-0.1, -0.05) is 20.8 Å². The lowest BCUT2D eigenvalue weighted by atomic mass is 10.0. The summed E-state index contributed by atoms with van der Waals surface area (Å²) in [7, 11) is -3.43. The van der Waals surface area contributed by atoms with Gasteiger partial charge in [0.1, 0.15) is 11.6 Å². The molecule has 20 heavy (non-hydrogen) atoms. The average molecular weight is 305 g/mol. The van der Waals surface area contributed by atoms with Crippen molar-refractivity contribution in [2.75, 3.05) is 12.3 Å². The minimum absolute atomic E-state index is 0.0410. The van der Waals surface area contributed by atoms with Crippen LogP contribution < -0.4 is 0 Å². The number of carbonyl (C=O) groups is 1. The van der Waals surface area contributed by atoms with E-state index in [0.717, 1.165) is 0 Å². The summed E-state index contributed by atoms with van der Waals surface area (Å²) >= 11 is 0. The maximum atomic E-state index is 12.4. The Labute approximate surface area is 122 Å².